The lowest BCUT2D eigenvalue weighted by atomic mass is 9.48. The molecule has 0 aromatic rings. The lowest BCUT2D eigenvalue weighted by molar-refractivity contribution is -0.0364. The van der Waals surface area contributed by atoms with Crippen LogP contribution in [0.15, 0.2) is 34.9 Å². The van der Waals surface area contributed by atoms with Crippen LogP contribution in [0.3, 0.4) is 0 Å². The van der Waals surface area contributed by atoms with Gasteiger partial charge in [-0.3, -0.25) is 0 Å². The van der Waals surface area contributed by atoms with Crippen molar-refractivity contribution in [3.8, 4) is 0 Å². The van der Waals surface area contributed by atoms with Crippen LogP contribution in [-0.2, 0) is 0 Å². The smallest absolute Gasteiger partial charge is 0.00875 e. The molecule has 30 heavy (non-hydrogen) atoms. The number of hydrogen-bond donors (Lipinski definition) is 0. The average molecular weight is 411 g/mol. The van der Waals surface area contributed by atoms with Gasteiger partial charge in [0.2, 0.25) is 0 Å². The van der Waals surface area contributed by atoms with Gasteiger partial charge in [-0.05, 0) is 113 Å². The maximum absolute atomic E-state index is 2.74. The van der Waals surface area contributed by atoms with Gasteiger partial charge in [-0.1, -0.05) is 76.0 Å². The molecule has 0 aromatic carbocycles. The van der Waals surface area contributed by atoms with E-state index in [0.29, 0.717) is 16.2 Å². The Bertz CT molecular complexity index is 698. The van der Waals surface area contributed by atoms with E-state index in [9.17, 15) is 0 Å². The molecule has 0 nitrogen and oxygen atoms in total. The van der Waals surface area contributed by atoms with Crippen molar-refractivity contribution in [1.29, 1.82) is 0 Å². The van der Waals surface area contributed by atoms with E-state index >= 15 is 0 Å². The summed E-state index contributed by atoms with van der Waals surface area (Å²) in [5.41, 5.74) is 6.39. The lowest BCUT2D eigenvalue weighted by Crippen LogP contribution is -2.48. The molecule has 0 saturated heterocycles. The zero-order valence-electron chi connectivity index (χ0n) is 21.5. The van der Waals surface area contributed by atoms with Crippen molar-refractivity contribution < 1.29 is 0 Å². The molecule has 3 aliphatic rings. The van der Waals surface area contributed by atoms with Crippen LogP contribution in [0.25, 0.3) is 0 Å². The van der Waals surface area contributed by atoms with Crippen LogP contribution in [0, 0.1) is 34.0 Å². The SMILES string of the molecule is CC(C)=CCC/C(C)=C/CC[C@H](C)[C@@]1(C)CC[C@H]2C1=CC[C@H]1C(C)(C)CCC[C@]21C. The van der Waals surface area contributed by atoms with Gasteiger partial charge in [0.1, 0.15) is 0 Å². The second-order valence-electron chi connectivity index (χ2n) is 12.7. The monoisotopic (exact) mass is 410 g/mol. The van der Waals surface area contributed by atoms with Crippen LogP contribution < -0.4 is 0 Å². The van der Waals surface area contributed by atoms with Crippen molar-refractivity contribution in [1.82, 2.24) is 0 Å². The maximum atomic E-state index is 2.74. The van der Waals surface area contributed by atoms with Crippen molar-refractivity contribution in [2.45, 2.75) is 120 Å². The molecule has 2 fully saturated rings. The van der Waals surface area contributed by atoms with Gasteiger partial charge < -0.3 is 0 Å². The van der Waals surface area contributed by atoms with E-state index < -0.39 is 0 Å². The van der Waals surface area contributed by atoms with Gasteiger partial charge in [0.15, 0.2) is 0 Å². The Hall–Kier alpha value is -0.780. The van der Waals surface area contributed by atoms with Gasteiger partial charge in [-0.25, -0.2) is 0 Å². The zero-order valence-corrected chi connectivity index (χ0v) is 21.5. The molecular formula is C30H50. The Morgan fingerprint density at radius 1 is 1.03 bits per heavy atom. The minimum atomic E-state index is 0.435. The first-order chi connectivity index (χ1) is 14.0. The molecule has 2 saturated carbocycles. The summed E-state index contributed by atoms with van der Waals surface area (Å²) in [4.78, 5) is 0. The molecule has 3 aliphatic carbocycles. The molecule has 5 atom stereocenters. The molecule has 0 aromatic heterocycles. The van der Waals surface area contributed by atoms with E-state index in [1.807, 2.05) is 5.57 Å². The largest absolute Gasteiger partial charge is 0.0856 e. The van der Waals surface area contributed by atoms with E-state index in [4.69, 9.17) is 0 Å². The highest BCUT2D eigenvalue weighted by Gasteiger charge is 2.57. The molecule has 170 valence electrons. The van der Waals surface area contributed by atoms with E-state index in [-0.39, 0.29) is 0 Å². The molecular weight excluding hydrogens is 360 g/mol. The predicted octanol–water partition coefficient (Wildman–Crippen LogP) is 9.67. The van der Waals surface area contributed by atoms with Gasteiger partial charge in [0.25, 0.3) is 0 Å². The molecule has 0 heterocycles. The van der Waals surface area contributed by atoms with Crippen molar-refractivity contribution >= 4 is 0 Å². The Morgan fingerprint density at radius 2 is 1.77 bits per heavy atom. The quantitative estimate of drug-likeness (QED) is 0.366. The topological polar surface area (TPSA) is 0 Å². The summed E-state index contributed by atoms with van der Waals surface area (Å²) in [5.74, 6) is 2.52. The van der Waals surface area contributed by atoms with E-state index in [1.54, 1.807) is 5.57 Å². The molecule has 0 aliphatic heterocycles. The van der Waals surface area contributed by atoms with Crippen molar-refractivity contribution in [3.63, 3.8) is 0 Å². The number of rotatable bonds is 7. The first kappa shape index (κ1) is 23.9. The van der Waals surface area contributed by atoms with Crippen molar-refractivity contribution in [2.75, 3.05) is 0 Å². The summed E-state index contributed by atoms with van der Waals surface area (Å²) in [7, 11) is 0. The Balaban J connectivity index is 1.66. The third kappa shape index (κ3) is 4.54. The Labute approximate surface area is 188 Å². The van der Waals surface area contributed by atoms with Gasteiger partial charge in [-0.15, -0.1) is 0 Å². The van der Waals surface area contributed by atoms with Crippen LogP contribution in [0.1, 0.15) is 120 Å². The molecule has 0 unspecified atom stereocenters. The Morgan fingerprint density at radius 3 is 2.47 bits per heavy atom. The highest BCUT2D eigenvalue weighted by molar-refractivity contribution is 5.30. The van der Waals surface area contributed by atoms with E-state index in [0.717, 1.165) is 17.8 Å². The zero-order chi connectivity index (χ0) is 22.2. The van der Waals surface area contributed by atoms with Crippen LogP contribution in [-0.4, -0.2) is 0 Å². The summed E-state index contributed by atoms with van der Waals surface area (Å²) in [6, 6.07) is 0. The van der Waals surface area contributed by atoms with Crippen LogP contribution in [0.5, 0.6) is 0 Å². The minimum absolute atomic E-state index is 0.435. The minimum Gasteiger partial charge on any atom is -0.0856 e. The van der Waals surface area contributed by atoms with Crippen molar-refractivity contribution in [2.24, 2.45) is 34.0 Å². The summed E-state index contributed by atoms with van der Waals surface area (Å²) >= 11 is 0. The molecule has 0 bridgehead atoms. The molecule has 0 radical (unpaired) electrons. The average Bonchev–Trinajstić information content (AvgIpc) is 3.00. The number of fused-ring (bicyclic) bond motifs is 3. The summed E-state index contributed by atoms with van der Waals surface area (Å²) in [6.07, 6.45) is 21.2. The molecule has 0 N–H and O–H groups in total. The van der Waals surface area contributed by atoms with Crippen LogP contribution >= 0.6 is 0 Å². The number of allylic oxidation sites excluding steroid dienone is 6. The molecule has 3 rings (SSSR count). The fourth-order valence-corrected chi connectivity index (χ4v) is 7.74. The second kappa shape index (κ2) is 8.99. The van der Waals surface area contributed by atoms with Gasteiger partial charge in [-0.2, -0.15) is 0 Å². The first-order valence-corrected chi connectivity index (χ1v) is 13.0. The van der Waals surface area contributed by atoms with Crippen LogP contribution in [0.4, 0.5) is 0 Å². The van der Waals surface area contributed by atoms with E-state index in [2.05, 4.69) is 73.6 Å². The standard InChI is InChI=1S/C30H50/c1-22(2)12-9-13-23(3)14-10-15-24(4)29(7)21-18-26-25(29)16-17-27-28(5,6)19-11-20-30(26,27)8/h12,14,16,24,26-27H,9-11,13,15,17-21H2,1-8H3/b23-14+/t24-,26-,27-,29+,30+/m0/s1. The second-order valence-corrected chi connectivity index (χ2v) is 12.7. The summed E-state index contributed by atoms with van der Waals surface area (Å²) < 4.78 is 0. The van der Waals surface area contributed by atoms with E-state index in [1.165, 1.54) is 69.8 Å². The summed E-state index contributed by atoms with van der Waals surface area (Å²) in [5, 5.41) is 0. The molecule has 0 amide bonds. The van der Waals surface area contributed by atoms with Crippen molar-refractivity contribution in [3.05, 3.63) is 34.9 Å². The van der Waals surface area contributed by atoms with Gasteiger partial charge in [0, 0.05) is 0 Å². The normalized spacial score (nSPS) is 36.5. The maximum Gasteiger partial charge on any atom is -0.00875 e. The third-order valence-corrected chi connectivity index (χ3v) is 9.90. The van der Waals surface area contributed by atoms with Crippen LogP contribution in [0.2, 0.25) is 0 Å². The fraction of sp³-hybridized carbons (Fsp3) is 0.800. The van der Waals surface area contributed by atoms with Gasteiger partial charge in [0.05, 0.1) is 0 Å². The predicted molar refractivity (Wildman–Crippen MR) is 134 cm³/mol. The molecule has 0 spiro atoms. The fourth-order valence-electron chi connectivity index (χ4n) is 7.74. The van der Waals surface area contributed by atoms with Gasteiger partial charge >= 0.3 is 0 Å². The third-order valence-electron chi connectivity index (χ3n) is 9.90. The molecule has 0 heteroatoms. The Kier molecular flexibility index (Phi) is 7.16. The highest BCUT2D eigenvalue weighted by atomic mass is 14.6. The highest BCUT2D eigenvalue weighted by Crippen LogP contribution is 2.67. The first-order valence-electron chi connectivity index (χ1n) is 13.0. The summed E-state index contributed by atoms with van der Waals surface area (Å²) in [6.45, 7) is 19.7. The lowest BCUT2D eigenvalue weighted by Gasteiger charge is -2.57. The number of hydrogen-bond acceptors (Lipinski definition) is 0.